The van der Waals surface area contributed by atoms with E-state index >= 15 is 0 Å². The number of halogens is 1. The van der Waals surface area contributed by atoms with E-state index < -0.39 is 0 Å². The Kier molecular flexibility index (Phi) is 2.32. The first-order chi connectivity index (χ1) is 7.72. The molecule has 1 aliphatic carbocycles. The largest absolute Gasteiger partial charge is 0.257 e. The van der Waals surface area contributed by atoms with Crippen molar-refractivity contribution in [3.05, 3.63) is 28.8 Å². The lowest BCUT2D eigenvalue weighted by atomic mass is 9.68. The van der Waals surface area contributed by atoms with Crippen molar-refractivity contribution in [3.8, 4) is 0 Å². The van der Waals surface area contributed by atoms with E-state index in [0.717, 1.165) is 10.7 Å². The van der Waals surface area contributed by atoms with Gasteiger partial charge in [0.25, 0.3) is 0 Å². The highest BCUT2D eigenvalue weighted by Crippen LogP contribution is 2.49. The van der Waals surface area contributed by atoms with Crippen LogP contribution < -0.4 is 0 Å². The van der Waals surface area contributed by atoms with Gasteiger partial charge in [0, 0.05) is 16.1 Å². The van der Waals surface area contributed by atoms with E-state index in [1.807, 2.05) is 6.07 Å². The molecule has 0 saturated heterocycles. The zero-order valence-corrected chi connectivity index (χ0v) is 10.3. The second-order valence-electron chi connectivity index (χ2n) is 5.00. The Labute approximate surface area is 102 Å². The van der Waals surface area contributed by atoms with Gasteiger partial charge in [0.05, 0.1) is 5.69 Å². The quantitative estimate of drug-likeness (QED) is 0.619. The summed E-state index contributed by atoms with van der Waals surface area (Å²) in [6.07, 6.45) is 6.49. The summed E-state index contributed by atoms with van der Waals surface area (Å²) in [5, 5.41) is 0.841. The average Bonchev–Trinajstić information content (AvgIpc) is 2.55. The van der Waals surface area contributed by atoms with Crippen LogP contribution in [0.15, 0.2) is 23.2 Å². The minimum absolute atomic E-state index is 0.221. The molecule has 0 bridgehead atoms. The third-order valence-electron chi connectivity index (χ3n) is 4.16. The molecule has 0 radical (unpaired) electrons. The Morgan fingerprint density at radius 2 is 1.94 bits per heavy atom. The SMILES string of the molecule is CC1=Nc2ccc(Cl)cc2C12CCCCC2. The van der Waals surface area contributed by atoms with Crippen LogP contribution >= 0.6 is 11.6 Å². The highest BCUT2D eigenvalue weighted by Gasteiger charge is 2.41. The smallest absolute Gasteiger partial charge is 0.0671 e. The molecular formula is C14H16ClN. The summed E-state index contributed by atoms with van der Waals surface area (Å²) in [6, 6.07) is 6.13. The Balaban J connectivity index is 2.14. The number of hydrogen-bond acceptors (Lipinski definition) is 1. The number of aliphatic imine (C=N–C) groups is 1. The zero-order chi connectivity index (χ0) is 11.2. The van der Waals surface area contributed by atoms with Crippen LogP contribution in [-0.2, 0) is 5.41 Å². The number of fused-ring (bicyclic) bond motifs is 2. The van der Waals surface area contributed by atoms with Gasteiger partial charge in [0.1, 0.15) is 0 Å². The summed E-state index contributed by atoms with van der Waals surface area (Å²) < 4.78 is 0. The van der Waals surface area contributed by atoms with Crippen molar-refractivity contribution in [1.29, 1.82) is 0 Å². The van der Waals surface area contributed by atoms with Crippen LogP contribution in [0.5, 0.6) is 0 Å². The van der Waals surface area contributed by atoms with Crippen molar-refractivity contribution < 1.29 is 0 Å². The van der Waals surface area contributed by atoms with E-state index in [1.165, 1.54) is 43.4 Å². The summed E-state index contributed by atoms with van der Waals surface area (Å²) in [7, 11) is 0. The molecule has 1 aliphatic heterocycles. The fraction of sp³-hybridized carbons (Fsp3) is 0.500. The molecule has 0 N–H and O–H groups in total. The second kappa shape index (κ2) is 3.59. The van der Waals surface area contributed by atoms with Gasteiger partial charge in [0.2, 0.25) is 0 Å². The van der Waals surface area contributed by atoms with Gasteiger partial charge in [-0.05, 0) is 43.5 Å². The summed E-state index contributed by atoms with van der Waals surface area (Å²) >= 11 is 6.12. The van der Waals surface area contributed by atoms with Crippen molar-refractivity contribution in [2.24, 2.45) is 4.99 Å². The van der Waals surface area contributed by atoms with Crippen LogP contribution in [0.4, 0.5) is 5.69 Å². The summed E-state index contributed by atoms with van der Waals surface area (Å²) in [4.78, 5) is 4.73. The van der Waals surface area contributed by atoms with Crippen LogP contribution in [0.1, 0.15) is 44.6 Å². The number of rotatable bonds is 0. The summed E-state index contributed by atoms with van der Waals surface area (Å²) in [5.74, 6) is 0. The van der Waals surface area contributed by atoms with Gasteiger partial charge in [-0.15, -0.1) is 0 Å². The molecule has 16 heavy (non-hydrogen) atoms. The lowest BCUT2D eigenvalue weighted by molar-refractivity contribution is 0.384. The fourth-order valence-corrected chi connectivity index (χ4v) is 3.43. The van der Waals surface area contributed by atoms with Crippen LogP contribution in [-0.4, -0.2) is 5.71 Å². The highest BCUT2D eigenvalue weighted by atomic mass is 35.5. The fourth-order valence-electron chi connectivity index (χ4n) is 3.26. The van der Waals surface area contributed by atoms with Gasteiger partial charge in [-0.1, -0.05) is 30.9 Å². The van der Waals surface area contributed by atoms with Crippen LogP contribution in [0.2, 0.25) is 5.02 Å². The summed E-state index contributed by atoms with van der Waals surface area (Å²) in [6.45, 7) is 2.18. The first-order valence-electron chi connectivity index (χ1n) is 6.08. The van der Waals surface area contributed by atoms with Gasteiger partial charge in [-0.3, -0.25) is 4.99 Å². The van der Waals surface area contributed by atoms with E-state index in [1.54, 1.807) is 0 Å². The normalized spacial score (nSPS) is 22.0. The third-order valence-corrected chi connectivity index (χ3v) is 4.40. The van der Waals surface area contributed by atoms with Gasteiger partial charge in [0.15, 0.2) is 0 Å². The molecule has 1 aromatic carbocycles. The Morgan fingerprint density at radius 3 is 2.69 bits per heavy atom. The first kappa shape index (κ1) is 10.3. The van der Waals surface area contributed by atoms with Crippen LogP contribution in [0, 0.1) is 0 Å². The lowest BCUT2D eigenvalue weighted by Crippen LogP contribution is -2.33. The number of nitrogens with zero attached hydrogens (tertiary/aromatic N) is 1. The van der Waals surface area contributed by atoms with E-state index in [9.17, 15) is 0 Å². The van der Waals surface area contributed by atoms with Crippen molar-refractivity contribution in [3.63, 3.8) is 0 Å². The lowest BCUT2D eigenvalue weighted by Gasteiger charge is -2.34. The topological polar surface area (TPSA) is 12.4 Å². The van der Waals surface area contributed by atoms with E-state index in [-0.39, 0.29) is 5.41 Å². The van der Waals surface area contributed by atoms with Crippen molar-refractivity contribution in [2.45, 2.75) is 44.4 Å². The van der Waals surface area contributed by atoms with Crippen molar-refractivity contribution in [2.75, 3.05) is 0 Å². The molecular weight excluding hydrogens is 218 g/mol. The predicted molar refractivity (Wildman–Crippen MR) is 69.0 cm³/mol. The van der Waals surface area contributed by atoms with Gasteiger partial charge in [-0.25, -0.2) is 0 Å². The molecule has 1 aromatic rings. The summed E-state index contributed by atoms with van der Waals surface area (Å²) in [5.41, 5.74) is 4.03. The number of hydrogen-bond donors (Lipinski definition) is 0. The van der Waals surface area contributed by atoms with Gasteiger partial charge < -0.3 is 0 Å². The molecule has 0 amide bonds. The Bertz CT molecular complexity index is 456. The molecule has 2 aliphatic rings. The monoisotopic (exact) mass is 233 g/mol. The van der Waals surface area contributed by atoms with E-state index in [0.29, 0.717) is 0 Å². The van der Waals surface area contributed by atoms with Gasteiger partial charge in [-0.2, -0.15) is 0 Å². The molecule has 0 aromatic heterocycles. The molecule has 0 atom stereocenters. The number of benzene rings is 1. The maximum Gasteiger partial charge on any atom is 0.0671 e. The zero-order valence-electron chi connectivity index (χ0n) is 9.59. The molecule has 1 saturated carbocycles. The molecule has 0 unspecified atom stereocenters. The molecule has 1 spiro atoms. The molecule has 2 heteroatoms. The minimum Gasteiger partial charge on any atom is -0.257 e. The van der Waals surface area contributed by atoms with Crippen molar-refractivity contribution in [1.82, 2.24) is 0 Å². The minimum atomic E-state index is 0.221. The van der Waals surface area contributed by atoms with Crippen molar-refractivity contribution >= 4 is 23.0 Å². The van der Waals surface area contributed by atoms with Crippen LogP contribution in [0.3, 0.4) is 0 Å². The Morgan fingerprint density at radius 1 is 1.19 bits per heavy atom. The standard InChI is InChI=1S/C14H16ClN/c1-10-14(7-3-2-4-8-14)12-9-11(15)5-6-13(12)16-10/h5-6,9H,2-4,7-8H2,1H3. The molecule has 1 nitrogen and oxygen atoms in total. The first-order valence-corrected chi connectivity index (χ1v) is 6.46. The molecule has 84 valence electrons. The highest BCUT2D eigenvalue weighted by molar-refractivity contribution is 6.30. The van der Waals surface area contributed by atoms with Crippen LogP contribution in [0.25, 0.3) is 0 Å². The molecule has 1 fully saturated rings. The maximum atomic E-state index is 6.12. The maximum absolute atomic E-state index is 6.12. The van der Waals surface area contributed by atoms with E-state index in [4.69, 9.17) is 16.6 Å². The molecule has 3 rings (SSSR count). The second-order valence-corrected chi connectivity index (χ2v) is 5.44. The van der Waals surface area contributed by atoms with Gasteiger partial charge >= 0.3 is 0 Å². The third kappa shape index (κ3) is 1.34. The van der Waals surface area contributed by atoms with E-state index in [2.05, 4.69) is 19.1 Å². The molecule has 1 heterocycles. The Hall–Kier alpha value is -0.820. The predicted octanol–water partition coefficient (Wildman–Crippen LogP) is 4.65. The average molecular weight is 234 g/mol.